The standard InChI is InChI=1S/C15H15FN2O/c1-10-9-11(17-2)7-8-12(10)15(19)18-14-6-4-3-5-13(14)16/h3-9,17H,1-2H3,(H,18,19). The van der Waals surface area contributed by atoms with E-state index in [1.807, 2.05) is 26.1 Å². The first-order valence-corrected chi connectivity index (χ1v) is 5.96. The molecule has 2 N–H and O–H groups in total. The molecule has 0 fully saturated rings. The fraction of sp³-hybridized carbons (Fsp3) is 0.133. The zero-order chi connectivity index (χ0) is 13.8. The molecule has 98 valence electrons. The Morgan fingerprint density at radius 2 is 1.89 bits per heavy atom. The van der Waals surface area contributed by atoms with Crippen LogP contribution in [0.3, 0.4) is 0 Å². The second-order valence-electron chi connectivity index (χ2n) is 4.21. The molecule has 0 aliphatic rings. The van der Waals surface area contributed by atoms with Crippen molar-refractivity contribution in [3.05, 3.63) is 59.4 Å². The number of aryl methyl sites for hydroxylation is 1. The monoisotopic (exact) mass is 258 g/mol. The Bertz CT molecular complexity index is 611. The minimum absolute atomic E-state index is 0.185. The third kappa shape index (κ3) is 2.91. The molecule has 0 aliphatic heterocycles. The van der Waals surface area contributed by atoms with Gasteiger partial charge < -0.3 is 10.6 Å². The molecule has 0 aromatic heterocycles. The molecule has 0 radical (unpaired) electrons. The van der Waals surface area contributed by atoms with Crippen LogP contribution in [0.2, 0.25) is 0 Å². The molecule has 1 amide bonds. The SMILES string of the molecule is CNc1ccc(C(=O)Nc2ccccc2F)c(C)c1. The van der Waals surface area contributed by atoms with Gasteiger partial charge >= 0.3 is 0 Å². The predicted octanol–water partition coefficient (Wildman–Crippen LogP) is 3.43. The van der Waals surface area contributed by atoms with Gasteiger partial charge in [0.25, 0.3) is 5.91 Å². The van der Waals surface area contributed by atoms with Crippen LogP contribution in [-0.2, 0) is 0 Å². The molecule has 2 aromatic carbocycles. The number of rotatable bonds is 3. The lowest BCUT2D eigenvalue weighted by molar-refractivity contribution is 0.102. The fourth-order valence-corrected chi connectivity index (χ4v) is 1.83. The van der Waals surface area contributed by atoms with Crippen LogP contribution >= 0.6 is 0 Å². The molecule has 2 aromatic rings. The van der Waals surface area contributed by atoms with Gasteiger partial charge in [-0.25, -0.2) is 4.39 Å². The molecule has 0 bridgehead atoms. The smallest absolute Gasteiger partial charge is 0.256 e. The normalized spacial score (nSPS) is 10.1. The van der Waals surface area contributed by atoms with Gasteiger partial charge in [0.15, 0.2) is 0 Å². The summed E-state index contributed by atoms with van der Waals surface area (Å²) in [7, 11) is 1.81. The fourth-order valence-electron chi connectivity index (χ4n) is 1.83. The maximum Gasteiger partial charge on any atom is 0.256 e. The number of nitrogens with one attached hydrogen (secondary N) is 2. The van der Waals surface area contributed by atoms with E-state index in [1.165, 1.54) is 12.1 Å². The molecule has 0 spiro atoms. The molecular weight excluding hydrogens is 243 g/mol. The summed E-state index contributed by atoms with van der Waals surface area (Å²) < 4.78 is 13.5. The molecule has 0 saturated heterocycles. The van der Waals surface area contributed by atoms with Crippen LogP contribution in [0.1, 0.15) is 15.9 Å². The minimum Gasteiger partial charge on any atom is -0.388 e. The van der Waals surface area contributed by atoms with Crippen molar-refractivity contribution in [1.82, 2.24) is 0 Å². The van der Waals surface area contributed by atoms with Gasteiger partial charge in [-0.15, -0.1) is 0 Å². The first-order valence-electron chi connectivity index (χ1n) is 5.96. The van der Waals surface area contributed by atoms with Crippen molar-refractivity contribution >= 4 is 17.3 Å². The Labute approximate surface area is 111 Å². The van der Waals surface area contributed by atoms with Gasteiger partial charge in [-0.2, -0.15) is 0 Å². The van der Waals surface area contributed by atoms with Crippen molar-refractivity contribution in [2.75, 3.05) is 17.7 Å². The summed E-state index contributed by atoms with van der Waals surface area (Å²) in [4.78, 5) is 12.1. The molecule has 2 rings (SSSR count). The van der Waals surface area contributed by atoms with Gasteiger partial charge in [0.1, 0.15) is 5.82 Å². The van der Waals surface area contributed by atoms with Crippen LogP contribution in [-0.4, -0.2) is 13.0 Å². The summed E-state index contributed by atoms with van der Waals surface area (Å²) in [5.74, 6) is -0.759. The quantitative estimate of drug-likeness (QED) is 0.885. The van der Waals surface area contributed by atoms with Gasteiger partial charge in [0, 0.05) is 18.3 Å². The third-order valence-corrected chi connectivity index (χ3v) is 2.88. The van der Waals surface area contributed by atoms with Crippen molar-refractivity contribution in [3.63, 3.8) is 0 Å². The van der Waals surface area contributed by atoms with Crippen molar-refractivity contribution in [1.29, 1.82) is 0 Å². The summed E-state index contributed by atoms with van der Waals surface area (Å²) in [6, 6.07) is 11.5. The van der Waals surface area contributed by atoms with Crippen LogP contribution in [0, 0.1) is 12.7 Å². The summed E-state index contributed by atoms with van der Waals surface area (Å²) in [5.41, 5.74) is 2.48. The number of hydrogen-bond donors (Lipinski definition) is 2. The van der Waals surface area contributed by atoms with E-state index in [2.05, 4.69) is 10.6 Å². The lowest BCUT2D eigenvalue weighted by Crippen LogP contribution is -2.14. The Morgan fingerprint density at radius 1 is 1.16 bits per heavy atom. The van der Waals surface area contributed by atoms with Crippen LogP contribution in [0.15, 0.2) is 42.5 Å². The van der Waals surface area contributed by atoms with E-state index in [-0.39, 0.29) is 11.6 Å². The van der Waals surface area contributed by atoms with E-state index in [0.29, 0.717) is 5.56 Å². The molecule has 3 nitrogen and oxygen atoms in total. The molecule has 0 aliphatic carbocycles. The molecule has 0 saturated carbocycles. The summed E-state index contributed by atoms with van der Waals surface area (Å²) in [5, 5.41) is 5.57. The van der Waals surface area contributed by atoms with Gasteiger partial charge in [0.2, 0.25) is 0 Å². The van der Waals surface area contributed by atoms with Gasteiger partial charge in [-0.1, -0.05) is 12.1 Å². The zero-order valence-corrected chi connectivity index (χ0v) is 10.8. The number of benzene rings is 2. The van der Waals surface area contributed by atoms with Crippen LogP contribution < -0.4 is 10.6 Å². The number of amides is 1. The predicted molar refractivity (Wildman–Crippen MR) is 75.1 cm³/mol. The highest BCUT2D eigenvalue weighted by Gasteiger charge is 2.11. The van der Waals surface area contributed by atoms with Gasteiger partial charge in [0.05, 0.1) is 5.69 Å². The van der Waals surface area contributed by atoms with Crippen LogP contribution in [0.4, 0.5) is 15.8 Å². The topological polar surface area (TPSA) is 41.1 Å². The van der Waals surface area contributed by atoms with Crippen molar-refractivity contribution in [2.45, 2.75) is 6.92 Å². The minimum atomic E-state index is -0.444. The van der Waals surface area contributed by atoms with E-state index >= 15 is 0 Å². The summed E-state index contributed by atoms with van der Waals surface area (Å²) >= 11 is 0. The van der Waals surface area contributed by atoms with Crippen molar-refractivity contribution < 1.29 is 9.18 Å². The van der Waals surface area contributed by atoms with E-state index in [9.17, 15) is 9.18 Å². The second kappa shape index (κ2) is 5.52. The summed E-state index contributed by atoms with van der Waals surface area (Å²) in [6.45, 7) is 1.84. The number of halogens is 1. The van der Waals surface area contributed by atoms with Crippen LogP contribution in [0.5, 0.6) is 0 Å². The number of carbonyl (C=O) groups is 1. The molecule has 4 heteroatoms. The number of para-hydroxylation sites is 1. The van der Waals surface area contributed by atoms with Gasteiger partial charge in [-0.05, 0) is 42.8 Å². The third-order valence-electron chi connectivity index (χ3n) is 2.88. The molecule has 0 atom stereocenters. The zero-order valence-electron chi connectivity index (χ0n) is 10.8. The molecule has 0 heterocycles. The molecule has 0 unspecified atom stereocenters. The molecular formula is C15H15FN2O. The lowest BCUT2D eigenvalue weighted by Gasteiger charge is -2.10. The maximum absolute atomic E-state index is 13.5. The maximum atomic E-state index is 13.5. The second-order valence-corrected chi connectivity index (χ2v) is 4.21. The largest absolute Gasteiger partial charge is 0.388 e. The van der Waals surface area contributed by atoms with E-state index < -0.39 is 5.82 Å². The Kier molecular flexibility index (Phi) is 3.80. The lowest BCUT2D eigenvalue weighted by atomic mass is 10.1. The molecule has 19 heavy (non-hydrogen) atoms. The van der Waals surface area contributed by atoms with Crippen molar-refractivity contribution in [2.24, 2.45) is 0 Å². The highest BCUT2D eigenvalue weighted by Crippen LogP contribution is 2.18. The van der Waals surface area contributed by atoms with Gasteiger partial charge in [-0.3, -0.25) is 4.79 Å². The number of hydrogen-bond acceptors (Lipinski definition) is 2. The Balaban J connectivity index is 2.23. The average molecular weight is 258 g/mol. The van der Waals surface area contributed by atoms with Crippen molar-refractivity contribution in [3.8, 4) is 0 Å². The van der Waals surface area contributed by atoms with E-state index in [0.717, 1.165) is 11.3 Å². The number of anilines is 2. The first kappa shape index (κ1) is 13.1. The Hall–Kier alpha value is -2.36. The summed E-state index contributed by atoms with van der Waals surface area (Å²) in [6.07, 6.45) is 0. The first-order chi connectivity index (χ1) is 9.11. The van der Waals surface area contributed by atoms with E-state index in [1.54, 1.807) is 18.2 Å². The van der Waals surface area contributed by atoms with Crippen LogP contribution in [0.25, 0.3) is 0 Å². The average Bonchev–Trinajstić information content (AvgIpc) is 2.41. The Morgan fingerprint density at radius 3 is 2.53 bits per heavy atom. The van der Waals surface area contributed by atoms with E-state index in [4.69, 9.17) is 0 Å². The number of carbonyl (C=O) groups excluding carboxylic acids is 1. The highest BCUT2D eigenvalue weighted by atomic mass is 19.1. The highest BCUT2D eigenvalue weighted by molar-refractivity contribution is 6.05.